The Bertz CT molecular complexity index is 183. The summed E-state index contributed by atoms with van der Waals surface area (Å²) >= 11 is 0. The molecule has 0 heterocycles. The molecule has 1 aliphatic rings. The standard InChI is InChI=1S/C15H32N2/c1-4-5-6-7-10-13-16-14-15(17(2)3)11-8-9-12-15/h16H,4-14H2,1-3H3. The molecule has 2 nitrogen and oxygen atoms in total. The van der Waals surface area contributed by atoms with Crippen LogP contribution in [0.4, 0.5) is 0 Å². The molecule has 0 aromatic heterocycles. The molecule has 0 aliphatic heterocycles. The Morgan fingerprint density at radius 2 is 1.65 bits per heavy atom. The molecule has 0 amide bonds. The smallest absolute Gasteiger partial charge is 0.0327 e. The molecule has 0 aromatic carbocycles. The zero-order valence-corrected chi connectivity index (χ0v) is 12.2. The summed E-state index contributed by atoms with van der Waals surface area (Å²) in [4.78, 5) is 2.45. The molecule has 17 heavy (non-hydrogen) atoms. The summed E-state index contributed by atoms with van der Waals surface area (Å²) < 4.78 is 0. The highest BCUT2D eigenvalue weighted by atomic mass is 15.2. The van der Waals surface area contributed by atoms with E-state index >= 15 is 0 Å². The second-order valence-corrected chi connectivity index (χ2v) is 5.92. The zero-order chi connectivity index (χ0) is 12.6. The summed E-state index contributed by atoms with van der Waals surface area (Å²) in [5.41, 5.74) is 0.462. The molecule has 2 heteroatoms. The van der Waals surface area contributed by atoms with Gasteiger partial charge in [-0.25, -0.2) is 0 Å². The number of rotatable bonds is 9. The van der Waals surface area contributed by atoms with E-state index in [1.165, 1.54) is 70.9 Å². The average Bonchev–Trinajstić information content (AvgIpc) is 2.78. The van der Waals surface area contributed by atoms with Crippen LogP contribution in [-0.2, 0) is 0 Å². The van der Waals surface area contributed by atoms with E-state index in [1.807, 2.05) is 0 Å². The lowest BCUT2D eigenvalue weighted by Gasteiger charge is -2.36. The van der Waals surface area contributed by atoms with Crippen molar-refractivity contribution in [2.24, 2.45) is 0 Å². The molecule has 102 valence electrons. The van der Waals surface area contributed by atoms with E-state index in [2.05, 4.69) is 31.2 Å². The molecule has 1 saturated carbocycles. The highest BCUT2D eigenvalue weighted by Gasteiger charge is 2.35. The van der Waals surface area contributed by atoms with E-state index in [0.717, 1.165) is 0 Å². The van der Waals surface area contributed by atoms with Crippen molar-refractivity contribution in [2.45, 2.75) is 70.3 Å². The molecule has 0 saturated heterocycles. The molecule has 0 unspecified atom stereocenters. The van der Waals surface area contributed by atoms with Crippen molar-refractivity contribution in [2.75, 3.05) is 27.2 Å². The molecule has 0 aromatic rings. The minimum absolute atomic E-state index is 0.462. The fourth-order valence-corrected chi connectivity index (χ4v) is 2.99. The molecule has 0 bridgehead atoms. The van der Waals surface area contributed by atoms with Crippen LogP contribution in [0, 0.1) is 0 Å². The van der Waals surface area contributed by atoms with Gasteiger partial charge in [-0.3, -0.25) is 0 Å². The minimum atomic E-state index is 0.462. The molecule has 1 N–H and O–H groups in total. The maximum Gasteiger partial charge on any atom is 0.0327 e. The van der Waals surface area contributed by atoms with Crippen LogP contribution < -0.4 is 5.32 Å². The first-order valence-corrected chi connectivity index (χ1v) is 7.59. The Morgan fingerprint density at radius 1 is 1.00 bits per heavy atom. The van der Waals surface area contributed by atoms with Gasteiger partial charge in [-0.1, -0.05) is 45.4 Å². The minimum Gasteiger partial charge on any atom is -0.315 e. The first-order valence-electron chi connectivity index (χ1n) is 7.59. The normalized spacial score (nSPS) is 19.1. The summed E-state index contributed by atoms with van der Waals surface area (Å²) in [7, 11) is 4.49. The van der Waals surface area contributed by atoms with Gasteiger partial charge in [0.2, 0.25) is 0 Å². The van der Waals surface area contributed by atoms with Gasteiger partial charge >= 0.3 is 0 Å². The maximum atomic E-state index is 3.68. The predicted octanol–water partition coefficient (Wildman–Crippen LogP) is 3.42. The highest BCUT2D eigenvalue weighted by Crippen LogP contribution is 2.32. The molecule has 0 spiro atoms. The van der Waals surface area contributed by atoms with Crippen LogP contribution in [0.25, 0.3) is 0 Å². The van der Waals surface area contributed by atoms with Gasteiger partial charge in [0, 0.05) is 12.1 Å². The Morgan fingerprint density at radius 3 is 2.24 bits per heavy atom. The van der Waals surface area contributed by atoms with Crippen LogP contribution in [0.5, 0.6) is 0 Å². The van der Waals surface area contributed by atoms with Crippen LogP contribution in [-0.4, -0.2) is 37.6 Å². The fourth-order valence-electron chi connectivity index (χ4n) is 2.99. The van der Waals surface area contributed by atoms with Crippen molar-refractivity contribution in [3.63, 3.8) is 0 Å². The fraction of sp³-hybridized carbons (Fsp3) is 1.00. The SMILES string of the molecule is CCCCCCCNCC1(N(C)C)CCCC1. The van der Waals surface area contributed by atoms with Gasteiger partial charge in [0.15, 0.2) is 0 Å². The first kappa shape index (κ1) is 15.0. The van der Waals surface area contributed by atoms with Crippen LogP contribution >= 0.6 is 0 Å². The van der Waals surface area contributed by atoms with E-state index in [0.29, 0.717) is 5.54 Å². The molecule has 1 fully saturated rings. The number of hydrogen-bond acceptors (Lipinski definition) is 2. The second kappa shape index (κ2) is 8.10. The van der Waals surface area contributed by atoms with Gasteiger partial charge in [0.05, 0.1) is 0 Å². The second-order valence-electron chi connectivity index (χ2n) is 5.92. The third-order valence-corrected chi connectivity index (χ3v) is 4.39. The van der Waals surface area contributed by atoms with Crippen LogP contribution in [0.3, 0.4) is 0 Å². The topological polar surface area (TPSA) is 15.3 Å². The summed E-state index contributed by atoms with van der Waals surface area (Å²) in [6.07, 6.45) is 12.5. The van der Waals surface area contributed by atoms with Gasteiger partial charge in [0.1, 0.15) is 0 Å². The lowest BCUT2D eigenvalue weighted by atomic mass is 9.96. The zero-order valence-electron chi connectivity index (χ0n) is 12.2. The van der Waals surface area contributed by atoms with Crippen molar-refractivity contribution in [1.29, 1.82) is 0 Å². The third-order valence-electron chi connectivity index (χ3n) is 4.39. The van der Waals surface area contributed by atoms with Gasteiger partial charge < -0.3 is 10.2 Å². The van der Waals surface area contributed by atoms with Crippen molar-refractivity contribution in [3.05, 3.63) is 0 Å². The van der Waals surface area contributed by atoms with Gasteiger partial charge in [-0.15, -0.1) is 0 Å². The van der Waals surface area contributed by atoms with Crippen LogP contribution in [0.1, 0.15) is 64.7 Å². The Hall–Kier alpha value is -0.0800. The van der Waals surface area contributed by atoms with E-state index < -0.39 is 0 Å². The van der Waals surface area contributed by atoms with Crippen LogP contribution in [0.2, 0.25) is 0 Å². The van der Waals surface area contributed by atoms with Crippen molar-refractivity contribution in [3.8, 4) is 0 Å². The number of likely N-dealkylation sites (N-methyl/N-ethyl adjacent to an activating group) is 1. The number of nitrogens with zero attached hydrogens (tertiary/aromatic N) is 1. The lowest BCUT2D eigenvalue weighted by molar-refractivity contribution is 0.154. The number of nitrogens with one attached hydrogen (secondary N) is 1. The summed E-state index contributed by atoms with van der Waals surface area (Å²) in [5.74, 6) is 0. The maximum absolute atomic E-state index is 3.68. The third kappa shape index (κ3) is 4.97. The summed E-state index contributed by atoms with van der Waals surface area (Å²) in [5, 5.41) is 3.68. The molecular weight excluding hydrogens is 208 g/mol. The van der Waals surface area contributed by atoms with Crippen molar-refractivity contribution >= 4 is 0 Å². The van der Waals surface area contributed by atoms with Crippen LogP contribution in [0.15, 0.2) is 0 Å². The number of unbranched alkanes of at least 4 members (excludes halogenated alkanes) is 4. The first-order chi connectivity index (χ1) is 8.21. The lowest BCUT2D eigenvalue weighted by Crippen LogP contribution is -2.49. The molecule has 0 radical (unpaired) electrons. The molecular formula is C15H32N2. The van der Waals surface area contributed by atoms with Gasteiger partial charge in [0.25, 0.3) is 0 Å². The largest absolute Gasteiger partial charge is 0.315 e. The summed E-state index contributed by atoms with van der Waals surface area (Å²) in [6, 6.07) is 0. The molecule has 1 aliphatic carbocycles. The van der Waals surface area contributed by atoms with E-state index in [1.54, 1.807) is 0 Å². The number of hydrogen-bond donors (Lipinski definition) is 1. The predicted molar refractivity (Wildman–Crippen MR) is 76.5 cm³/mol. The Kier molecular flexibility index (Phi) is 7.14. The van der Waals surface area contributed by atoms with E-state index in [4.69, 9.17) is 0 Å². The van der Waals surface area contributed by atoms with E-state index in [-0.39, 0.29) is 0 Å². The Balaban J connectivity index is 2.08. The quantitative estimate of drug-likeness (QED) is 0.621. The van der Waals surface area contributed by atoms with Gasteiger partial charge in [-0.05, 0) is 39.9 Å². The van der Waals surface area contributed by atoms with Gasteiger partial charge in [-0.2, -0.15) is 0 Å². The monoisotopic (exact) mass is 240 g/mol. The molecule has 0 atom stereocenters. The Labute approximate surface area is 108 Å². The average molecular weight is 240 g/mol. The van der Waals surface area contributed by atoms with Crippen molar-refractivity contribution in [1.82, 2.24) is 10.2 Å². The van der Waals surface area contributed by atoms with Crippen molar-refractivity contribution < 1.29 is 0 Å². The summed E-state index contributed by atoms with van der Waals surface area (Å²) in [6.45, 7) is 4.67. The highest BCUT2D eigenvalue weighted by molar-refractivity contribution is 4.94. The van der Waals surface area contributed by atoms with E-state index in [9.17, 15) is 0 Å². The molecule has 1 rings (SSSR count).